The summed E-state index contributed by atoms with van der Waals surface area (Å²) in [6.07, 6.45) is 2.16. The van der Waals surface area contributed by atoms with E-state index in [-0.39, 0.29) is 5.69 Å². The lowest BCUT2D eigenvalue weighted by molar-refractivity contribution is -0.660. The fraction of sp³-hybridized carbons (Fsp3) is 0.304. The molecule has 0 saturated heterocycles. The molecule has 0 unspecified atom stereocenters. The van der Waals surface area contributed by atoms with Gasteiger partial charge < -0.3 is 4.42 Å². The van der Waals surface area contributed by atoms with Gasteiger partial charge in [-0.15, -0.1) is 0 Å². The highest BCUT2D eigenvalue weighted by Gasteiger charge is 2.23. The smallest absolute Gasteiger partial charge is 0.227 e. The molecule has 3 aromatic heterocycles. The molecule has 0 amide bonds. The van der Waals surface area contributed by atoms with Gasteiger partial charge in [-0.25, -0.2) is 9.55 Å². The molecular weight excluding hydrogens is 320 g/mol. The van der Waals surface area contributed by atoms with E-state index in [0.717, 1.165) is 27.6 Å². The second-order valence-corrected chi connectivity index (χ2v) is 7.34. The van der Waals surface area contributed by atoms with Gasteiger partial charge in [-0.2, -0.15) is 0 Å². The maximum Gasteiger partial charge on any atom is 0.227 e. The number of nitrogens with zero attached hydrogens (tertiary/aromatic N) is 2. The summed E-state index contributed by atoms with van der Waals surface area (Å²) in [6.45, 7) is 6.37. The van der Waals surface area contributed by atoms with Crippen LogP contribution in [0.15, 0.2) is 40.9 Å². The molecule has 0 atom stereocenters. The van der Waals surface area contributed by atoms with E-state index in [1.807, 2.05) is 18.2 Å². The number of hydrogen-bond donors (Lipinski definition) is 0. The van der Waals surface area contributed by atoms with Gasteiger partial charge in [0.25, 0.3) is 0 Å². The summed E-state index contributed by atoms with van der Waals surface area (Å²) in [5.41, 5.74) is 7.02. The quantitative estimate of drug-likeness (QED) is 0.446. The number of aromatic nitrogens is 2. The first kappa shape index (κ1) is 13.5. The SMILES string of the molecule is [2H]C([2H])([2H])c1ccc2c(n1)oc1ccc(C)c(-c3cc(C(C)C)c(C)c[n+]3C)c12. The summed E-state index contributed by atoms with van der Waals surface area (Å²) < 4.78 is 31.0. The normalized spacial score (nSPS) is 14.0. The van der Waals surface area contributed by atoms with E-state index in [4.69, 9.17) is 8.53 Å². The van der Waals surface area contributed by atoms with Crippen molar-refractivity contribution in [2.45, 2.75) is 40.5 Å². The van der Waals surface area contributed by atoms with Crippen molar-refractivity contribution in [1.82, 2.24) is 4.98 Å². The standard InChI is InChI=1S/C23H25N2O/c1-13(2)18-11-19(25(6)12-15(18)4)21-14(3)7-10-20-22(21)17-9-8-16(5)24-23(17)26-20/h7-13H,1-6H3/q+1/i5D3. The maximum absolute atomic E-state index is 7.63. The van der Waals surface area contributed by atoms with Crippen molar-refractivity contribution in [3.8, 4) is 11.3 Å². The third-order valence-corrected chi connectivity index (χ3v) is 5.10. The van der Waals surface area contributed by atoms with Crippen LogP contribution >= 0.6 is 0 Å². The Hall–Kier alpha value is -2.68. The number of furan rings is 1. The molecule has 26 heavy (non-hydrogen) atoms. The number of fused-ring (bicyclic) bond motifs is 3. The highest BCUT2D eigenvalue weighted by atomic mass is 16.3. The molecule has 0 aliphatic carbocycles. The minimum Gasteiger partial charge on any atom is -0.438 e. The van der Waals surface area contributed by atoms with Crippen LogP contribution in [0.2, 0.25) is 0 Å². The lowest BCUT2D eigenvalue weighted by Crippen LogP contribution is -2.32. The highest BCUT2D eigenvalue weighted by molar-refractivity contribution is 6.11. The Morgan fingerprint density at radius 3 is 2.65 bits per heavy atom. The van der Waals surface area contributed by atoms with Crippen LogP contribution in [-0.2, 0) is 7.05 Å². The molecule has 1 aromatic carbocycles. The topological polar surface area (TPSA) is 29.9 Å². The van der Waals surface area contributed by atoms with E-state index in [1.165, 1.54) is 11.1 Å². The summed E-state index contributed by atoms with van der Waals surface area (Å²) in [5.74, 6) is 0.416. The fourth-order valence-corrected chi connectivity index (χ4v) is 3.85. The van der Waals surface area contributed by atoms with Crippen molar-refractivity contribution in [2.75, 3.05) is 0 Å². The van der Waals surface area contributed by atoms with Crippen molar-refractivity contribution in [1.29, 1.82) is 0 Å². The van der Waals surface area contributed by atoms with Gasteiger partial charge in [0.05, 0.1) is 5.56 Å². The molecule has 3 heteroatoms. The Morgan fingerprint density at radius 1 is 1.12 bits per heavy atom. The van der Waals surface area contributed by atoms with Gasteiger partial charge in [-0.05, 0) is 55.9 Å². The maximum atomic E-state index is 7.63. The summed E-state index contributed by atoms with van der Waals surface area (Å²) in [7, 11) is 2.05. The number of aryl methyl sites for hydroxylation is 4. The summed E-state index contributed by atoms with van der Waals surface area (Å²) >= 11 is 0. The number of hydrogen-bond acceptors (Lipinski definition) is 2. The minimum absolute atomic E-state index is 0.0466. The molecule has 0 fully saturated rings. The van der Waals surface area contributed by atoms with E-state index < -0.39 is 6.85 Å². The molecule has 3 nitrogen and oxygen atoms in total. The van der Waals surface area contributed by atoms with Crippen molar-refractivity contribution >= 4 is 22.1 Å². The first-order valence-electron chi connectivity index (χ1n) is 10.4. The molecule has 0 aliphatic heterocycles. The Morgan fingerprint density at radius 2 is 1.92 bits per heavy atom. The van der Waals surface area contributed by atoms with Crippen LogP contribution in [0.4, 0.5) is 0 Å². The lowest BCUT2D eigenvalue weighted by Gasteiger charge is -2.12. The van der Waals surface area contributed by atoms with Crippen LogP contribution in [-0.4, -0.2) is 4.98 Å². The molecule has 4 rings (SSSR count). The monoisotopic (exact) mass is 348 g/mol. The van der Waals surface area contributed by atoms with Crippen LogP contribution < -0.4 is 4.57 Å². The second kappa shape index (κ2) is 5.94. The van der Waals surface area contributed by atoms with Crippen molar-refractivity contribution < 1.29 is 13.1 Å². The average molecular weight is 348 g/mol. The predicted octanol–water partition coefficient (Wildman–Crippen LogP) is 5.52. The van der Waals surface area contributed by atoms with Crippen molar-refractivity contribution in [3.05, 3.63) is 58.9 Å². The zero-order chi connectivity index (χ0) is 21.1. The van der Waals surface area contributed by atoms with E-state index in [2.05, 4.69) is 56.6 Å². The molecule has 4 aromatic rings. The van der Waals surface area contributed by atoms with Crippen molar-refractivity contribution in [3.63, 3.8) is 0 Å². The average Bonchev–Trinajstić information content (AvgIpc) is 2.99. The van der Waals surface area contributed by atoms with Gasteiger partial charge in [0.2, 0.25) is 11.4 Å². The fourth-order valence-electron chi connectivity index (χ4n) is 3.85. The van der Waals surface area contributed by atoms with E-state index in [0.29, 0.717) is 17.2 Å². The van der Waals surface area contributed by atoms with Crippen LogP contribution in [0.5, 0.6) is 0 Å². The molecule has 0 spiro atoms. The van der Waals surface area contributed by atoms with Gasteiger partial charge >= 0.3 is 0 Å². The Labute approximate surface area is 158 Å². The van der Waals surface area contributed by atoms with Gasteiger partial charge in [0, 0.05) is 32.2 Å². The van der Waals surface area contributed by atoms with E-state index >= 15 is 0 Å². The third kappa shape index (κ3) is 2.50. The number of benzene rings is 1. The molecule has 0 bridgehead atoms. The molecule has 3 heterocycles. The molecule has 132 valence electrons. The Kier molecular flexibility index (Phi) is 3.09. The third-order valence-electron chi connectivity index (χ3n) is 5.10. The Balaban J connectivity index is 2.08. The molecule has 0 N–H and O–H groups in total. The Bertz CT molecular complexity index is 1250. The predicted molar refractivity (Wildman–Crippen MR) is 106 cm³/mol. The largest absolute Gasteiger partial charge is 0.438 e. The van der Waals surface area contributed by atoms with Crippen molar-refractivity contribution in [2.24, 2.45) is 7.05 Å². The zero-order valence-corrected chi connectivity index (χ0v) is 15.8. The van der Waals surface area contributed by atoms with Gasteiger partial charge in [0.1, 0.15) is 12.6 Å². The minimum atomic E-state index is -2.26. The molecular formula is C23H25N2O+. The molecule has 0 saturated carbocycles. The van der Waals surface area contributed by atoms with E-state index in [1.54, 1.807) is 6.07 Å². The van der Waals surface area contributed by atoms with Crippen LogP contribution in [0, 0.1) is 20.7 Å². The molecule has 0 radical (unpaired) electrons. The van der Waals surface area contributed by atoms with Crippen LogP contribution in [0.1, 0.15) is 46.3 Å². The summed E-state index contributed by atoms with van der Waals surface area (Å²) in [4.78, 5) is 4.29. The number of rotatable bonds is 2. The van der Waals surface area contributed by atoms with Crippen LogP contribution in [0.25, 0.3) is 33.3 Å². The van der Waals surface area contributed by atoms with Crippen LogP contribution in [0.3, 0.4) is 0 Å². The summed E-state index contributed by atoms with van der Waals surface area (Å²) in [6, 6.07) is 9.62. The van der Waals surface area contributed by atoms with Gasteiger partial charge in [0.15, 0.2) is 6.20 Å². The number of pyridine rings is 2. The van der Waals surface area contributed by atoms with E-state index in [9.17, 15) is 0 Å². The van der Waals surface area contributed by atoms with Gasteiger partial charge in [-0.3, -0.25) is 0 Å². The first-order valence-corrected chi connectivity index (χ1v) is 8.92. The zero-order valence-electron chi connectivity index (χ0n) is 18.8. The second-order valence-electron chi connectivity index (χ2n) is 7.34. The molecule has 0 aliphatic rings. The summed E-state index contributed by atoms with van der Waals surface area (Å²) in [5, 5.41) is 1.80. The van der Waals surface area contributed by atoms with Gasteiger partial charge in [-0.1, -0.05) is 19.9 Å². The first-order chi connectivity index (χ1) is 13.6. The lowest BCUT2D eigenvalue weighted by atomic mass is 9.93. The highest BCUT2D eigenvalue weighted by Crippen LogP contribution is 2.38.